The summed E-state index contributed by atoms with van der Waals surface area (Å²) in [6.07, 6.45) is 2.11. The molecule has 5 nitrogen and oxygen atoms in total. The molecule has 1 amide bonds. The Hall–Kier alpha value is -2.25. The lowest BCUT2D eigenvalue weighted by atomic mass is 10.1. The molecule has 1 saturated heterocycles. The lowest BCUT2D eigenvalue weighted by Crippen LogP contribution is -2.49. The predicted octanol–water partition coefficient (Wildman–Crippen LogP) is 2.65. The quantitative estimate of drug-likeness (QED) is 0.825. The first-order chi connectivity index (χ1) is 12.9. The number of carbonyl (C=O) groups is 1. The third-order valence-corrected chi connectivity index (χ3v) is 6.35. The monoisotopic (exact) mass is 390 g/mol. The maximum atomic E-state index is 13.3. The van der Waals surface area contributed by atoms with Crippen LogP contribution in [-0.4, -0.2) is 38.4 Å². The molecule has 1 N–H and O–H groups in total. The SMILES string of the molecule is Cc1cc(F)ccc1S(=O)(=O)N[C@@H](Cc1ccccc1)C(=O)N1CCCC1. The van der Waals surface area contributed by atoms with Gasteiger partial charge in [-0.1, -0.05) is 30.3 Å². The Morgan fingerprint density at radius 2 is 1.81 bits per heavy atom. The molecular weight excluding hydrogens is 367 g/mol. The van der Waals surface area contributed by atoms with E-state index in [0.717, 1.165) is 24.5 Å². The van der Waals surface area contributed by atoms with Crippen LogP contribution >= 0.6 is 0 Å². The van der Waals surface area contributed by atoms with Gasteiger partial charge in [-0.3, -0.25) is 4.79 Å². The Labute approximate surface area is 159 Å². The normalized spacial score (nSPS) is 15.7. The van der Waals surface area contributed by atoms with Crippen molar-refractivity contribution in [2.24, 2.45) is 0 Å². The zero-order valence-electron chi connectivity index (χ0n) is 15.2. The second kappa shape index (κ2) is 8.19. The molecule has 1 aliphatic heterocycles. The molecule has 0 spiro atoms. The first kappa shape index (κ1) is 19.5. The molecule has 1 aliphatic rings. The van der Waals surface area contributed by atoms with Crippen molar-refractivity contribution < 1.29 is 17.6 Å². The Morgan fingerprint density at radius 3 is 2.44 bits per heavy atom. The van der Waals surface area contributed by atoms with Crippen molar-refractivity contribution in [3.8, 4) is 0 Å². The highest BCUT2D eigenvalue weighted by atomic mass is 32.2. The molecule has 1 fully saturated rings. The van der Waals surface area contributed by atoms with E-state index >= 15 is 0 Å². The number of nitrogens with zero attached hydrogens (tertiary/aromatic N) is 1. The zero-order chi connectivity index (χ0) is 19.4. The van der Waals surface area contributed by atoms with Crippen LogP contribution in [0.1, 0.15) is 24.0 Å². The molecule has 1 heterocycles. The predicted molar refractivity (Wildman–Crippen MR) is 101 cm³/mol. The first-order valence-electron chi connectivity index (χ1n) is 8.98. The van der Waals surface area contributed by atoms with E-state index in [1.54, 1.807) is 4.90 Å². The number of hydrogen-bond acceptors (Lipinski definition) is 3. The number of nitrogens with one attached hydrogen (secondary N) is 1. The molecule has 0 radical (unpaired) electrons. The lowest BCUT2D eigenvalue weighted by molar-refractivity contribution is -0.131. The van der Waals surface area contributed by atoms with E-state index in [4.69, 9.17) is 0 Å². The summed E-state index contributed by atoms with van der Waals surface area (Å²) in [5.41, 5.74) is 1.17. The van der Waals surface area contributed by atoms with Gasteiger partial charge >= 0.3 is 0 Å². The maximum Gasteiger partial charge on any atom is 0.241 e. The second-order valence-electron chi connectivity index (χ2n) is 6.81. The fourth-order valence-corrected chi connectivity index (χ4v) is 4.77. The highest BCUT2D eigenvalue weighted by molar-refractivity contribution is 7.89. The van der Waals surface area contributed by atoms with Gasteiger partial charge in [0.25, 0.3) is 0 Å². The Bertz CT molecular complexity index is 910. The van der Waals surface area contributed by atoms with Crippen molar-refractivity contribution in [1.82, 2.24) is 9.62 Å². The Kier molecular flexibility index (Phi) is 5.92. The molecule has 0 bridgehead atoms. The molecule has 2 aromatic carbocycles. The number of sulfonamides is 1. The Balaban J connectivity index is 1.88. The van der Waals surface area contributed by atoms with Crippen LogP contribution in [-0.2, 0) is 21.2 Å². The van der Waals surface area contributed by atoms with Gasteiger partial charge in [0.05, 0.1) is 4.90 Å². The Morgan fingerprint density at radius 1 is 1.15 bits per heavy atom. The first-order valence-corrected chi connectivity index (χ1v) is 10.5. The van der Waals surface area contributed by atoms with Crippen LogP contribution in [0.5, 0.6) is 0 Å². The fourth-order valence-electron chi connectivity index (χ4n) is 3.35. The summed E-state index contributed by atoms with van der Waals surface area (Å²) in [5.74, 6) is -0.722. The number of likely N-dealkylation sites (tertiary alicyclic amines) is 1. The third kappa shape index (κ3) is 4.73. The molecule has 0 saturated carbocycles. The number of hydrogen-bond donors (Lipinski definition) is 1. The van der Waals surface area contributed by atoms with E-state index in [1.807, 2.05) is 30.3 Å². The average molecular weight is 390 g/mol. The summed E-state index contributed by atoms with van der Waals surface area (Å²) in [5, 5.41) is 0. The van der Waals surface area contributed by atoms with Gasteiger partial charge < -0.3 is 4.90 Å². The van der Waals surface area contributed by atoms with E-state index in [-0.39, 0.29) is 17.2 Å². The van der Waals surface area contributed by atoms with Crippen molar-refractivity contribution in [2.75, 3.05) is 13.1 Å². The van der Waals surface area contributed by atoms with Gasteiger partial charge in [-0.25, -0.2) is 12.8 Å². The lowest BCUT2D eigenvalue weighted by Gasteiger charge is -2.24. The van der Waals surface area contributed by atoms with Crippen LogP contribution in [0.3, 0.4) is 0 Å². The average Bonchev–Trinajstić information content (AvgIpc) is 3.15. The summed E-state index contributed by atoms with van der Waals surface area (Å²) < 4.78 is 41.7. The fraction of sp³-hybridized carbons (Fsp3) is 0.350. The third-order valence-electron chi connectivity index (χ3n) is 4.72. The number of aryl methyl sites for hydroxylation is 1. The van der Waals surface area contributed by atoms with Crippen molar-refractivity contribution >= 4 is 15.9 Å². The highest BCUT2D eigenvalue weighted by Crippen LogP contribution is 2.19. The van der Waals surface area contributed by atoms with Crippen LogP contribution in [0.2, 0.25) is 0 Å². The minimum Gasteiger partial charge on any atom is -0.341 e. The molecular formula is C20H23FN2O3S. The van der Waals surface area contributed by atoms with Gasteiger partial charge in [0, 0.05) is 13.1 Å². The van der Waals surface area contributed by atoms with Gasteiger partial charge in [-0.15, -0.1) is 0 Å². The zero-order valence-corrected chi connectivity index (χ0v) is 16.0. The smallest absolute Gasteiger partial charge is 0.241 e. The summed E-state index contributed by atoms with van der Waals surface area (Å²) in [7, 11) is -3.97. The topological polar surface area (TPSA) is 66.5 Å². The van der Waals surface area contributed by atoms with Crippen LogP contribution in [0.15, 0.2) is 53.4 Å². The van der Waals surface area contributed by atoms with Gasteiger partial charge in [-0.05, 0) is 55.5 Å². The van der Waals surface area contributed by atoms with Crippen LogP contribution in [0.25, 0.3) is 0 Å². The van der Waals surface area contributed by atoms with Gasteiger partial charge in [0.2, 0.25) is 15.9 Å². The van der Waals surface area contributed by atoms with Crippen molar-refractivity contribution in [2.45, 2.75) is 37.1 Å². The van der Waals surface area contributed by atoms with Crippen molar-refractivity contribution in [3.63, 3.8) is 0 Å². The number of amides is 1. The van der Waals surface area contributed by atoms with E-state index in [2.05, 4.69) is 4.72 Å². The van der Waals surface area contributed by atoms with Crippen molar-refractivity contribution in [3.05, 3.63) is 65.5 Å². The van der Waals surface area contributed by atoms with E-state index < -0.39 is 21.9 Å². The summed E-state index contributed by atoms with van der Waals surface area (Å²) in [6.45, 7) is 2.81. The van der Waals surface area contributed by atoms with Gasteiger partial charge in [0.15, 0.2) is 0 Å². The van der Waals surface area contributed by atoms with Crippen LogP contribution in [0, 0.1) is 12.7 Å². The molecule has 0 aliphatic carbocycles. The standard InChI is InChI=1S/C20H23FN2O3S/c1-15-13-17(21)9-10-19(15)27(25,26)22-18(14-16-7-3-2-4-8-16)20(24)23-11-5-6-12-23/h2-4,7-10,13,18,22H,5-6,11-12,14H2,1H3/t18-/m0/s1. The number of rotatable bonds is 6. The van der Waals surface area contributed by atoms with Crippen molar-refractivity contribution in [1.29, 1.82) is 0 Å². The summed E-state index contributed by atoms with van der Waals surface area (Å²) >= 11 is 0. The van der Waals surface area contributed by atoms with E-state index in [1.165, 1.54) is 19.1 Å². The molecule has 27 heavy (non-hydrogen) atoms. The maximum absolute atomic E-state index is 13.3. The van der Waals surface area contributed by atoms with Crippen LogP contribution < -0.4 is 4.72 Å². The molecule has 0 aromatic heterocycles. The molecule has 2 aromatic rings. The molecule has 144 valence electrons. The molecule has 0 unspecified atom stereocenters. The molecule has 3 rings (SSSR count). The summed E-state index contributed by atoms with van der Waals surface area (Å²) in [4.78, 5) is 14.6. The molecule has 1 atom stereocenters. The largest absolute Gasteiger partial charge is 0.341 e. The summed E-state index contributed by atoms with van der Waals surface area (Å²) in [6, 6.07) is 11.9. The van der Waals surface area contributed by atoms with E-state index in [9.17, 15) is 17.6 Å². The second-order valence-corrected chi connectivity index (χ2v) is 8.49. The van der Waals surface area contributed by atoms with Gasteiger partial charge in [-0.2, -0.15) is 4.72 Å². The number of halogens is 1. The van der Waals surface area contributed by atoms with Gasteiger partial charge in [0.1, 0.15) is 11.9 Å². The highest BCUT2D eigenvalue weighted by Gasteiger charge is 2.31. The minimum atomic E-state index is -3.97. The van der Waals surface area contributed by atoms with Crippen LogP contribution in [0.4, 0.5) is 4.39 Å². The number of carbonyl (C=O) groups excluding carboxylic acids is 1. The molecule has 7 heteroatoms. The number of benzene rings is 2. The van der Waals surface area contributed by atoms with E-state index in [0.29, 0.717) is 18.7 Å². The minimum absolute atomic E-state index is 0.0174.